The maximum atomic E-state index is 12.8. The highest BCUT2D eigenvalue weighted by atomic mass is 32.1. The molecular formula is C23H22N2O3S. The number of aromatic nitrogens is 1. The summed E-state index contributed by atoms with van der Waals surface area (Å²) >= 11 is 1.56. The summed E-state index contributed by atoms with van der Waals surface area (Å²) in [4.78, 5) is 17.5. The fourth-order valence-electron chi connectivity index (χ4n) is 3.03. The smallest absolute Gasteiger partial charge is 0.287 e. The van der Waals surface area contributed by atoms with Crippen molar-refractivity contribution in [3.63, 3.8) is 0 Å². The fourth-order valence-corrected chi connectivity index (χ4v) is 3.85. The minimum Gasteiger partial charge on any atom is -0.451 e. The average Bonchev–Trinajstić information content (AvgIpc) is 3.36. The van der Waals surface area contributed by atoms with E-state index in [1.807, 2.05) is 73.8 Å². The summed E-state index contributed by atoms with van der Waals surface area (Å²) in [6, 6.07) is 17.6. The van der Waals surface area contributed by atoms with E-state index in [2.05, 4.69) is 10.3 Å². The van der Waals surface area contributed by atoms with Gasteiger partial charge in [0.25, 0.3) is 5.91 Å². The van der Waals surface area contributed by atoms with Gasteiger partial charge in [-0.2, -0.15) is 0 Å². The molecule has 6 heteroatoms. The first kappa shape index (κ1) is 19.4. The van der Waals surface area contributed by atoms with Crippen LogP contribution in [0, 0.1) is 0 Å². The van der Waals surface area contributed by atoms with Crippen molar-refractivity contribution in [1.29, 1.82) is 0 Å². The Morgan fingerprint density at radius 2 is 1.90 bits per heavy atom. The van der Waals surface area contributed by atoms with Gasteiger partial charge in [-0.3, -0.25) is 4.79 Å². The number of amides is 1. The highest BCUT2D eigenvalue weighted by Gasteiger charge is 2.21. The summed E-state index contributed by atoms with van der Waals surface area (Å²) in [5.41, 5.74) is 3.34. The SMILES string of the molecule is CC(C)OCc1c(C(=O)NCc2csc(-c3ccccc3)n2)oc2ccccc12. The number of carbonyl (C=O) groups excluding carboxylic acids is 1. The summed E-state index contributed by atoms with van der Waals surface area (Å²) < 4.78 is 11.6. The van der Waals surface area contributed by atoms with Crippen LogP contribution in [0.5, 0.6) is 0 Å². The topological polar surface area (TPSA) is 64.4 Å². The molecule has 0 aliphatic carbocycles. The standard InChI is InChI=1S/C23H22N2O3S/c1-15(2)27-13-19-18-10-6-7-11-20(18)28-21(19)22(26)24-12-17-14-29-23(25-17)16-8-4-3-5-9-16/h3-11,14-15H,12-13H2,1-2H3,(H,24,26). The molecule has 4 aromatic rings. The van der Waals surface area contributed by atoms with Crippen LogP contribution in [0.2, 0.25) is 0 Å². The molecule has 0 aliphatic heterocycles. The number of nitrogens with zero attached hydrogens (tertiary/aromatic N) is 1. The molecule has 1 N–H and O–H groups in total. The summed E-state index contributed by atoms with van der Waals surface area (Å²) in [5.74, 6) is 0.0307. The monoisotopic (exact) mass is 406 g/mol. The maximum Gasteiger partial charge on any atom is 0.287 e. The van der Waals surface area contributed by atoms with E-state index in [0.29, 0.717) is 24.5 Å². The van der Waals surface area contributed by atoms with Crippen LogP contribution >= 0.6 is 11.3 Å². The van der Waals surface area contributed by atoms with Gasteiger partial charge in [0.1, 0.15) is 10.6 Å². The first-order valence-corrected chi connectivity index (χ1v) is 10.4. The largest absolute Gasteiger partial charge is 0.451 e. The Bertz CT molecular complexity index is 1120. The van der Waals surface area contributed by atoms with Crippen molar-refractivity contribution in [3.05, 3.63) is 77.0 Å². The number of nitrogens with one attached hydrogen (secondary N) is 1. The second-order valence-corrected chi connectivity index (χ2v) is 7.82. The number of benzene rings is 2. The molecule has 0 aliphatic rings. The van der Waals surface area contributed by atoms with Crippen LogP contribution in [0.15, 0.2) is 64.4 Å². The third kappa shape index (κ3) is 4.39. The van der Waals surface area contributed by atoms with Crippen molar-refractivity contribution in [2.24, 2.45) is 0 Å². The van der Waals surface area contributed by atoms with Gasteiger partial charge in [-0.25, -0.2) is 4.98 Å². The molecule has 0 saturated carbocycles. The fraction of sp³-hybridized carbons (Fsp3) is 0.217. The van der Waals surface area contributed by atoms with Gasteiger partial charge in [-0.05, 0) is 19.9 Å². The number of rotatable bonds is 7. The minimum atomic E-state index is -0.266. The quantitative estimate of drug-likeness (QED) is 0.446. The Morgan fingerprint density at radius 3 is 2.69 bits per heavy atom. The van der Waals surface area contributed by atoms with Crippen LogP contribution in [-0.2, 0) is 17.9 Å². The third-order valence-electron chi connectivity index (χ3n) is 4.47. The lowest BCUT2D eigenvalue weighted by molar-refractivity contribution is 0.0643. The molecule has 0 saturated heterocycles. The van der Waals surface area contributed by atoms with Crippen LogP contribution in [0.1, 0.15) is 35.7 Å². The highest BCUT2D eigenvalue weighted by Crippen LogP contribution is 2.27. The van der Waals surface area contributed by atoms with Crippen molar-refractivity contribution in [3.8, 4) is 10.6 Å². The Hall–Kier alpha value is -2.96. The van der Waals surface area contributed by atoms with E-state index < -0.39 is 0 Å². The molecule has 148 valence electrons. The minimum absolute atomic E-state index is 0.0611. The molecule has 0 radical (unpaired) electrons. The molecule has 2 aromatic heterocycles. The van der Waals surface area contributed by atoms with E-state index in [1.165, 1.54) is 0 Å². The van der Waals surface area contributed by atoms with Gasteiger partial charge in [0, 0.05) is 21.9 Å². The van der Waals surface area contributed by atoms with Gasteiger partial charge in [0.15, 0.2) is 5.76 Å². The molecule has 5 nitrogen and oxygen atoms in total. The second kappa shape index (κ2) is 8.59. The Kier molecular flexibility index (Phi) is 5.74. The molecule has 1 amide bonds. The maximum absolute atomic E-state index is 12.8. The van der Waals surface area contributed by atoms with Crippen LogP contribution in [-0.4, -0.2) is 17.0 Å². The Morgan fingerprint density at radius 1 is 1.14 bits per heavy atom. The lowest BCUT2D eigenvalue weighted by Crippen LogP contribution is -2.23. The van der Waals surface area contributed by atoms with Crippen molar-refractivity contribution >= 4 is 28.2 Å². The molecule has 2 aromatic carbocycles. The molecular weight excluding hydrogens is 384 g/mol. The number of thiazole rings is 1. The summed E-state index contributed by atoms with van der Waals surface area (Å²) in [7, 11) is 0. The summed E-state index contributed by atoms with van der Waals surface area (Å²) in [6.07, 6.45) is 0.0611. The van der Waals surface area contributed by atoms with Crippen LogP contribution in [0.3, 0.4) is 0 Å². The average molecular weight is 407 g/mol. The van der Waals surface area contributed by atoms with Crippen molar-refractivity contribution < 1.29 is 13.9 Å². The van der Waals surface area contributed by atoms with Gasteiger partial charge in [0.2, 0.25) is 0 Å². The molecule has 2 heterocycles. The predicted octanol–water partition coefficient (Wildman–Crippen LogP) is 5.41. The van der Waals surface area contributed by atoms with E-state index >= 15 is 0 Å². The van der Waals surface area contributed by atoms with Gasteiger partial charge in [0.05, 0.1) is 24.9 Å². The van der Waals surface area contributed by atoms with E-state index in [4.69, 9.17) is 9.15 Å². The number of carbonyl (C=O) groups is 1. The predicted molar refractivity (Wildman–Crippen MR) is 115 cm³/mol. The molecule has 0 fully saturated rings. The molecule has 29 heavy (non-hydrogen) atoms. The molecule has 4 rings (SSSR count). The number of hydrogen-bond acceptors (Lipinski definition) is 5. The van der Waals surface area contributed by atoms with E-state index in [9.17, 15) is 4.79 Å². The zero-order chi connectivity index (χ0) is 20.2. The van der Waals surface area contributed by atoms with E-state index in [1.54, 1.807) is 11.3 Å². The van der Waals surface area contributed by atoms with E-state index in [0.717, 1.165) is 27.2 Å². The van der Waals surface area contributed by atoms with Crippen molar-refractivity contribution in [1.82, 2.24) is 10.3 Å². The normalized spacial score (nSPS) is 11.3. The highest BCUT2D eigenvalue weighted by molar-refractivity contribution is 7.13. The van der Waals surface area contributed by atoms with Crippen LogP contribution in [0.4, 0.5) is 0 Å². The number of furan rings is 1. The Balaban J connectivity index is 1.51. The van der Waals surface area contributed by atoms with Crippen LogP contribution < -0.4 is 5.32 Å². The lowest BCUT2D eigenvalue weighted by atomic mass is 10.1. The van der Waals surface area contributed by atoms with Gasteiger partial charge >= 0.3 is 0 Å². The summed E-state index contributed by atoms with van der Waals surface area (Å²) in [5, 5.41) is 6.72. The zero-order valence-electron chi connectivity index (χ0n) is 16.3. The van der Waals surface area contributed by atoms with Crippen LogP contribution in [0.25, 0.3) is 21.5 Å². The lowest BCUT2D eigenvalue weighted by Gasteiger charge is -2.08. The molecule has 0 bridgehead atoms. The number of ether oxygens (including phenoxy) is 1. The summed E-state index contributed by atoms with van der Waals surface area (Å²) in [6.45, 7) is 4.60. The van der Waals surface area contributed by atoms with Gasteiger partial charge in [-0.1, -0.05) is 48.5 Å². The first-order valence-electron chi connectivity index (χ1n) is 9.52. The van der Waals surface area contributed by atoms with Gasteiger partial charge < -0.3 is 14.5 Å². The van der Waals surface area contributed by atoms with E-state index in [-0.39, 0.29) is 12.0 Å². The number of para-hydroxylation sites is 1. The van der Waals surface area contributed by atoms with Crippen molar-refractivity contribution in [2.75, 3.05) is 0 Å². The first-order chi connectivity index (χ1) is 14.1. The zero-order valence-corrected chi connectivity index (χ0v) is 17.2. The van der Waals surface area contributed by atoms with Gasteiger partial charge in [-0.15, -0.1) is 11.3 Å². The molecule has 0 atom stereocenters. The second-order valence-electron chi connectivity index (χ2n) is 6.96. The molecule has 0 unspecified atom stereocenters. The third-order valence-corrected chi connectivity index (χ3v) is 5.41. The molecule has 0 spiro atoms. The number of fused-ring (bicyclic) bond motifs is 1. The number of hydrogen-bond donors (Lipinski definition) is 1. The van der Waals surface area contributed by atoms with Crippen molar-refractivity contribution in [2.45, 2.75) is 33.1 Å². The Labute approximate surface area is 173 Å².